The molecule has 0 spiro atoms. The molecule has 6 nitrogen and oxygen atoms in total. The number of nitrogens with one attached hydrogen (secondary N) is 3. The number of aliphatic imine (C=N–C) groups is 1. The van der Waals surface area contributed by atoms with Crippen LogP contribution in [-0.2, 0) is 9.53 Å². The molecule has 0 aliphatic rings. The fraction of sp³-hybridized carbons (Fsp3) is 0.875. The third-order valence-electron chi connectivity index (χ3n) is 3.01. The zero-order chi connectivity index (χ0) is 16.8. The van der Waals surface area contributed by atoms with Crippen LogP contribution in [-0.4, -0.2) is 51.8 Å². The third kappa shape index (κ3) is 11.4. The van der Waals surface area contributed by atoms with E-state index >= 15 is 0 Å². The monoisotopic (exact) mass is 314 g/mol. The van der Waals surface area contributed by atoms with Gasteiger partial charge in [0.05, 0.1) is 0 Å². The fourth-order valence-electron chi connectivity index (χ4n) is 1.57. The number of hydrogen-bond donors (Lipinski definition) is 3. The molecule has 0 fully saturated rings. The molecule has 0 radical (unpaired) electrons. The largest absolute Gasteiger partial charge is 0.381 e. The highest BCUT2D eigenvalue weighted by molar-refractivity contribution is 5.81. The molecule has 0 bridgehead atoms. The maximum absolute atomic E-state index is 11.7. The second kappa shape index (κ2) is 12.3. The van der Waals surface area contributed by atoms with Crippen molar-refractivity contribution in [1.82, 2.24) is 16.0 Å². The Hall–Kier alpha value is -1.30. The van der Waals surface area contributed by atoms with E-state index in [4.69, 9.17) is 4.74 Å². The quantitative estimate of drug-likeness (QED) is 0.325. The zero-order valence-electron chi connectivity index (χ0n) is 14.9. The van der Waals surface area contributed by atoms with Gasteiger partial charge in [0, 0.05) is 45.3 Å². The number of nitrogens with zero attached hydrogens (tertiary/aromatic N) is 1. The first-order valence-electron chi connectivity index (χ1n) is 8.22. The lowest BCUT2D eigenvalue weighted by Gasteiger charge is -2.18. The van der Waals surface area contributed by atoms with E-state index in [1.807, 2.05) is 20.8 Å². The molecule has 0 saturated carbocycles. The van der Waals surface area contributed by atoms with Gasteiger partial charge in [-0.2, -0.15) is 0 Å². The Balaban J connectivity index is 3.62. The first-order chi connectivity index (χ1) is 10.4. The molecule has 0 saturated heterocycles. The van der Waals surface area contributed by atoms with E-state index in [1.54, 1.807) is 7.05 Å². The van der Waals surface area contributed by atoms with Crippen LogP contribution in [0.25, 0.3) is 0 Å². The summed E-state index contributed by atoms with van der Waals surface area (Å²) >= 11 is 0. The van der Waals surface area contributed by atoms with Gasteiger partial charge in [-0.05, 0) is 12.8 Å². The lowest BCUT2D eigenvalue weighted by Crippen LogP contribution is -2.43. The summed E-state index contributed by atoms with van der Waals surface area (Å²) in [4.78, 5) is 15.8. The van der Waals surface area contributed by atoms with Gasteiger partial charge in [0.25, 0.3) is 0 Å². The van der Waals surface area contributed by atoms with Crippen LogP contribution in [0, 0.1) is 5.41 Å². The first-order valence-corrected chi connectivity index (χ1v) is 8.22. The predicted octanol–water partition coefficient (Wildman–Crippen LogP) is 1.52. The summed E-state index contributed by atoms with van der Waals surface area (Å²) in [5, 5.41) is 9.29. The van der Waals surface area contributed by atoms with Gasteiger partial charge in [-0.3, -0.25) is 9.79 Å². The SMILES string of the molecule is CCCCOCCCNC(=NC)NCCNC(=O)C(C)(C)C. The second-order valence-electron chi connectivity index (χ2n) is 6.25. The summed E-state index contributed by atoms with van der Waals surface area (Å²) in [6.45, 7) is 11.5. The minimum atomic E-state index is -0.350. The normalized spacial score (nSPS) is 12.1. The van der Waals surface area contributed by atoms with Gasteiger partial charge in [-0.1, -0.05) is 34.1 Å². The van der Waals surface area contributed by atoms with Gasteiger partial charge in [0.2, 0.25) is 5.91 Å². The maximum atomic E-state index is 11.7. The summed E-state index contributed by atoms with van der Waals surface area (Å²) in [7, 11) is 1.74. The molecule has 0 aromatic rings. The standard InChI is InChI=1S/C16H34N4O2/c1-6-7-12-22-13-8-9-19-15(17-5)20-11-10-18-14(21)16(2,3)4/h6-13H2,1-5H3,(H,18,21)(H2,17,19,20). The molecule has 0 aliphatic carbocycles. The van der Waals surface area contributed by atoms with Crippen molar-refractivity contribution in [3.8, 4) is 0 Å². The van der Waals surface area contributed by atoms with Crippen molar-refractivity contribution in [3.05, 3.63) is 0 Å². The zero-order valence-corrected chi connectivity index (χ0v) is 14.9. The molecule has 3 N–H and O–H groups in total. The van der Waals surface area contributed by atoms with Crippen molar-refractivity contribution in [2.45, 2.75) is 47.0 Å². The van der Waals surface area contributed by atoms with Crippen molar-refractivity contribution in [2.24, 2.45) is 10.4 Å². The van der Waals surface area contributed by atoms with E-state index in [0.29, 0.717) is 13.1 Å². The molecular formula is C16H34N4O2. The molecule has 6 heteroatoms. The van der Waals surface area contributed by atoms with E-state index in [-0.39, 0.29) is 11.3 Å². The molecular weight excluding hydrogens is 280 g/mol. The molecule has 0 aromatic heterocycles. The summed E-state index contributed by atoms with van der Waals surface area (Å²) < 4.78 is 5.50. The van der Waals surface area contributed by atoms with Crippen LogP contribution < -0.4 is 16.0 Å². The number of unbranched alkanes of at least 4 members (excludes halogenated alkanes) is 1. The van der Waals surface area contributed by atoms with Crippen LogP contribution in [0.4, 0.5) is 0 Å². The molecule has 130 valence electrons. The summed E-state index contributed by atoms with van der Waals surface area (Å²) in [5.74, 6) is 0.806. The van der Waals surface area contributed by atoms with E-state index in [1.165, 1.54) is 6.42 Å². The Morgan fingerprint density at radius 3 is 2.18 bits per heavy atom. The Morgan fingerprint density at radius 1 is 1.00 bits per heavy atom. The molecule has 0 heterocycles. The molecule has 0 atom stereocenters. The van der Waals surface area contributed by atoms with Gasteiger partial charge < -0.3 is 20.7 Å². The lowest BCUT2D eigenvalue weighted by atomic mass is 9.96. The Kier molecular flexibility index (Phi) is 11.5. The van der Waals surface area contributed by atoms with Crippen LogP contribution in [0.15, 0.2) is 4.99 Å². The minimum absolute atomic E-state index is 0.0569. The molecule has 1 amide bonds. The third-order valence-corrected chi connectivity index (χ3v) is 3.01. The van der Waals surface area contributed by atoms with Gasteiger partial charge in [-0.25, -0.2) is 0 Å². The molecule has 0 rings (SSSR count). The predicted molar refractivity (Wildman–Crippen MR) is 92.2 cm³/mol. The number of guanidine groups is 1. The highest BCUT2D eigenvalue weighted by Crippen LogP contribution is 2.11. The van der Waals surface area contributed by atoms with E-state index in [2.05, 4.69) is 27.9 Å². The molecule has 22 heavy (non-hydrogen) atoms. The molecule has 0 unspecified atom stereocenters. The minimum Gasteiger partial charge on any atom is -0.381 e. The average Bonchev–Trinajstić information content (AvgIpc) is 2.47. The number of rotatable bonds is 10. The fourth-order valence-corrected chi connectivity index (χ4v) is 1.57. The van der Waals surface area contributed by atoms with Crippen molar-refractivity contribution in [2.75, 3.05) is 39.9 Å². The van der Waals surface area contributed by atoms with Gasteiger partial charge in [0.1, 0.15) is 0 Å². The number of ether oxygens (including phenoxy) is 1. The van der Waals surface area contributed by atoms with Crippen LogP contribution in [0.1, 0.15) is 47.0 Å². The van der Waals surface area contributed by atoms with Gasteiger partial charge in [-0.15, -0.1) is 0 Å². The van der Waals surface area contributed by atoms with E-state index in [0.717, 1.165) is 38.6 Å². The average molecular weight is 314 g/mol. The highest BCUT2D eigenvalue weighted by Gasteiger charge is 2.20. The van der Waals surface area contributed by atoms with Gasteiger partial charge in [0.15, 0.2) is 5.96 Å². The smallest absolute Gasteiger partial charge is 0.225 e. The van der Waals surface area contributed by atoms with E-state index < -0.39 is 0 Å². The number of carbonyl (C=O) groups excluding carboxylic acids is 1. The Bertz CT molecular complexity index is 325. The number of carbonyl (C=O) groups is 1. The molecule has 0 aliphatic heterocycles. The van der Waals surface area contributed by atoms with Crippen LogP contribution in [0.5, 0.6) is 0 Å². The van der Waals surface area contributed by atoms with Crippen LogP contribution >= 0.6 is 0 Å². The summed E-state index contributed by atoms with van der Waals surface area (Å²) in [5.41, 5.74) is -0.350. The highest BCUT2D eigenvalue weighted by atomic mass is 16.5. The van der Waals surface area contributed by atoms with E-state index in [9.17, 15) is 4.79 Å². The van der Waals surface area contributed by atoms with Crippen LogP contribution in [0.2, 0.25) is 0 Å². The van der Waals surface area contributed by atoms with Crippen molar-refractivity contribution in [1.29, 1.82) is 0 Å². The van der Waals surface area contributed by atoms with Crippen molar-refractivity contribution < 1.29 is 9.53 Å². The Morgan fingerprint density at radius 2 is 1.59 bits per heavy atom. The maximum Gasteiger partial charge on any atom is 0.225 e. The number of hydrogen-bond acceptors (Lipinski definition) is 3. The summed E-state index contributed by atoms with van der Waals surface area (Å²) in [6, 6.07) is 0. The topological polar surface area (TPSA) is 74.8 Å². The Labute approximate surface area is 135 Å². The lowest BCUT2D eigenvalue weighted by molar-refractivity contribution is -0.128. The van der Waals surface area contributed by atoms with Crippen LogP contribution in [0.3, 0.4) is 0 Å². The van der Waals surface area contributed by atoms with Crippen molar-refractivity contribution >= 4 is 11.9 Å². The molecule has 0 aromatic carbocycles. The van der Waals surface area contributed by atoms with Crippen molar-refractivity contribution in [3.63, 3.8) is 0 Å². The number of amides is 1. The summed E-state index contributed by atoms with van der Waals surface area (Å²) in [6.07, 6.45) is 3.24. The van der Waals surface area contributed by atoms with Gasteiger partial charge >= 0.3 is 0 Å². The first kappa shape index (κ1) is 20.7. The second-order valence-corrected chi connectivity index (χ2v) is 6.25.